The predicted molar refractivity (Wildman–Crippen MR) is 65.4 cm³/mol. The van der Waals surface area contributed by atoms with Crippen LogP contribution in [-0.2, 0) is 21.0 Å². The maximum absolute atomic E-state index is 9.55. The van der Waals surface area contributed by atoms with Gasteiger partial charge >= 0.3 is 21.0 Å². The Labute approximate surface area is 113 Å². The Bertz CT molecular complexity index is 368. The number of nitrogens with zero attached hydrogens (tertiary/aromatic N) is 1. The van der Waals surface area contributed by atoms with Crippen LogP contribution >= 0.6 is 0 Å². The van der Waals surface area contributed by atoms with Crippen LogP contribution < -0.4 is 0 Å². The first-order valence-electron chi connectivity index (χ1n) is 5.86. The van der Waals surface area contributed by atoms with E-state index < -0.39 is 0 Å². The van der Waals surface area contributed by atoms with Gasteiger partial charge in [-0.1, -0.05) is 31.4 Å². The molecule has 0 unspecified atom stereocenters. The Hall–Kier alpha value is -0.926. The summed E-state index contributed by atoms with van der Waals surface area (Å²) in [5.74, 6) is 0.317. The molecule has 1 aromatic rings. The van der Waals surface area contributed by atoms with E-state index in [1.54, 1.807) is 6.07 Å². The summed E-state index contributed by atoms with van der Waals surface area (Å²) in [6, 6.07) is 7.80. The van der Waals surface area contributed by atoms with Crippen molar-refractivity contribution in [1.82, 2.24) is 0 Å². The standard InChI is InChI=1S/C13H17NO.O.V.H2/c15-13-9-5-4-6-11(13)10-14-12-7-2-1-3-8-12;;;/h4-6,9-10,12,15H,1-3,7-8H2;;;1H. The molecule has 0 spiro atoms. The van der Waals surface area contributed by atoms with E-state index in [-0.39, 0.29) is 1.43 Å². The van der Waals surface area contributed by atoms with Gasteiger partial charge < -0.3 is 5.11 Å². The Morgan fingerprint density at radius 2 is 1.88 bits per heavy atom. The third kappa shape index (κ3) is 4.84. The van der Waals surface area contributed by atoms with E-state index in [2.05, 4.69) is 4.99 Å². The fraction of sp³-hybridized carbons (Fsp3) is 0.462. The van der Waals surface area contributed by atoms with Gasteiger partial charge in [0.15, 0.2) is 0 Å². The molecular weight excluding hydrogens is 253 g/mol. The predicted octanol–water partition coefficient (Wildman–Crippen LogP) is 3.27. The second kappa shape index (κ2) is 8.21. The summed E-state index contributed by atoms with van der Waals surface area (Å²) in [5, 5.41) is 9.55. The summed E-state index contributed by atoms with van der Waals surface area (Å²) in [5.41, 5.74) is 0.822. The van der Waals surface area contributed by atoms with E-state index in [1.807, 2.05) is 24.4 Å². The summed E-state index contributed by atoms with van der Waals surface area (Å²) in [6.45, 7) is 0. The molecule has 1 aliphatic carbocycles. The number of phenolic OH excluding ortho intramolecular Hbond substituents is 1. The Morgan fingerprint density at radius 3 is 2.53 bits per heavy atom. The number of hydrogen-bond acceptors (Lipinski definition) is 3. The van der Waals surface area contributed by atoms with Crippen LogP contribution in [0.5, 0.6) is 5.75 Å². The molecule has 2 rings (SSSR count). The van der Waals surface area contributed by atoms with Gasteiger partial charge in [-0.2, -0.15) is 0 Å². The third-order valence-electron chi connectivity index (χ3n) is 2.94. The molecule has 1 aromatic carbocycles. The van der Waals surface area contributed by atoms with E-state index in [0.717, 1.165) is 22.9 Å². The first-order chi connectivity index (χ1) is 8.36. The van der Waals surface area contributed by atoms with Crippen LogP contribution in [0, 0.1) is 0 Å². The van der Waals surface area contributed by atoms with Gasteiger partial charge in [0.2, 0.25) is 0 Å². The second-order valence-corrected chi connectivity index (χ2v) is 4.13. The molecule has 93 valence electrons. The molecule has 0 aromatic heterocycles. The number of aliphatic imine (C=N–C) groups is 1. The summed E-state index contributed by atoms with van der Waals surface area (Å²) < 4.78 is 8.19. The SMILES string of the molecule is Oc1ccccc1C=NC1CCCCC1.[HH].[O]=[V]. The van der Waals surface area contributed by atoms with Gasteiger partial charge in [-0.15, -0.1) is 0 Å². The van der Waals surface area contributed by atoms with Gasteiger partial charge in [-0.3, -0.25) is 4.99 Å². The van der Waals surface area contributed by atoms with Crippen LogP contribution in [0.2, 0.25) is 0 Å². The number of para-hydroxylation sites is 1. The fourth-order valence-electron chi connectivity index (χ4n) is 2.01. The van der Waals surface area contributed by atoms with Crippen LogP contribution in [0.4, 0.5) is 0 Å². The zero-order valence-electron chi connectivity index (χ0n) is 9.75. The summed E-state index contributed by atoms with van der Waals surface area (Å²) >= 11 is 1.06. The topological polar surface area (TPSA) is 49.7 Å². The summed E-state index contributed by atoms with van der Waals surface area (Å²) in [4.78, 5) is 4.53. The molecule has 0 amide bonds. The number of rotatable bonds is 2. The molecule has 0 aliphatic heterocycles. The van der Waals surface area contributed by atoms with E-state index in [9.17, 15) is 5.11 Å². The van der Waals surface area contributed by atoms with Crippen LogP contribution in [0.25, 0.3) is 0 Å². The van der Waals surface area contributed by atoms with Crippen molar-refractivity contribution < 1.29 is 27.6 Å². The van der Waals surface area contributed by atoms with Crippen LogP contribution in [0.1, 0.15) is 39.1 Å². The van der Waals surface area contributed by atoms with Crippen LogP contribution in [-0.4, -0.2) is 17.4 Å². The summed E-state index contributed by atoms with van der Waals surface area (Å²) in [6.07, 6.45) is 8.15. The molecule has 0 radical (unpaired) electrons. The molecule has 1 aliphatic rings. The molecule has 17 heavy (non-hydrogen) atoms. The minimum absolute atomic E-state index is 0. The number of aromatic hydroxyl groups is 1. The number of benzene rings is 1. The molecule has 0 bridgehead atoms. The van der Waals surface area contributed by atoms with Crippen molar-refractivity contribution in [2.45, 2.75) is 38.1 Å². The molecule has 1 saturated carbocycles. The van der Waals surface area contributed by atoms with Crippen molar-refractivity contribution >= 4 is 6.21 Å². The molecule has 1 N–H and O–H groups in total. The normalized spacial score (nSPS) is 16.4. The quantitative estimate of drug-likeness (QED) is 0.840. The molecule has 4 heteroatoms. The van der Waals surface area contributed by atoms with Crippen molar-refractivity contribution in [2.24, 2.45) is 4.99 Å². The Kier molecular flexibility index (Phi) is 6.82. The summed E-state index contributed by atoms with van der Waals surface area (Å²) in [7, 11) is 0. The Balaban J connectivity index is 0.000000917. The zero-order chi connectivity index (χ0) is 12.5. The van der Waals surface area contributed by atoms with Crippen molar-refractivity contribution in [3.63, 3.8) is 0 Å². The van der Waals surface area contributed by atoms with Gasteiger partial charge in [-0.25, -0.2) is 0 Å². The maximum atomic E-state index is 9.55. The average Bonchev–Trinajstić information content (AvgIpc) is 2.41. The van der Waals surface area contributed by atoms with Crippen molar-refractivity contribution in [2.75, 3.05) is 0 Å². The monoisotopic (exact) mass is 272 g/mol. The Morgan fingerprint density at radius 1 is 1.24 bits per heavy atom. The van der Waals surface area contributed by atoms with Gasteiger partial charge in [0.1, 0.15) is 5.75 Å². The molecule has 1 fully saturated rings. The van der Waals surface area contributed by atoms with E-state index in [4.69, 9.17) is 3.67 Å². The second-order valence-electron chi connectivity index (χ2n) is 4.13. The van der Waals surface area contributed by atoms with Gasteiger partial charge in [0.05, 0.1) is 0 Å². The van der Waals surface area contributed by atoms with Crippen LogP contribution in [0.3, 0.4) is 0 Å². The zero-order valence-corrected chi connectivity index (χ0v) is 11.1. The van der Waals surface area contributed by atoms with Crippen LogP contribution in [0.15, 0.2) is 29.3 Å². The van der Waals surface area contributed by atoms with Gasteiger partial charge in [-0.05, 0) is 25.0 Å². The van der Waals surface area contributed by atoms with Crippen molar-refractivity contribution in [3.05, 3.63) is 29.8 Å². The van der Waals surface area contributed by atoms with E-state index in [1.165, 1.54) is 32.1 Å². The molecular formula is C13H19NO2V. The first kappa shape index (κ1) is 14.1. The number of hydrogen-bond donors (Lipinski definition) is 1. The average molecular weight is 272 g/mol. The molecule has 0 saturated heterocycles. The molecule has 3 nitrogen and oxygen atoms in total. The van der Waals surface area contributed by atoms with E-state index in [0.29, 0.717) is 11.8 Å². The third-order valence-corrected chi connectivity index (χ3v) is 2.94. The first-order valence-corrected chi connectivity index (χ1v) is 6.43. The minimum atomic E-state index is 0. The van der Waals surface area contributed by atoms with Gasteiger partial charge in [0, 0.05) is 19.2 Å². The fourth-order valence-corrected chi connectivity index (χ4v) is 2.01. The number of phenols is 1. The van der Waals surface area contributed by atoms with Crippen molar-refractivity contribution in [3.8, 4) is 5.75 Å². The van der Waals surface area contributed by atoms with Crippen molar-refractivity contribution in [1.29, 1.82) is 0 Å². The molecule has 0 heterocycles. The van der Waals surface area contributed by atoms with E-state index >= 15 is 0 Å². The van der Waals surface area contributed by atoms with Gasteiger partial charge in [0.25, 0.3) is 0 Å². The molecule has 0 atom stereocenters.